The molecule has 0 fully saturated rings. The van der Waals surface area contributed by atoms with Gasteiger partial charge in [0.2, 0.25) is 0 Å². The molecule has 8 nitrogen and oxygen atoms in total. The van der Waals surface area contributed by atoms with Crippen molar-refractivity contribution in [3.8, 4) is 11.8 Å². The average Bonchev–Trinajstić information content (AvgIpc) is 3.15. The van der Waals surface area contributed by atoms with Crippen LogP contribution in [0.3, 0.4) is 0 Å². The molecule has 0 amide bonds. The standard InChI is InChI=1S/C17H14BrN7O/c1-3-4-7-24-15-13(20-17(24)18)9-19-25(16(15)26)10-11-5-6-14-12(8-11)21-22-23(14)2/h5-6,8-9H,7,10H2,1-2H3. The van der Waals surface area contributed by atoms with Gasteiger partial charge in [0.05, 0.1) is 24.8 Å². The van der Waals surface area contributed by atoms with E-state index in [-0.39, 0.29) is 5.56 Å². The Morgan fingerprint density at radius 2 is 2.12 bits per heavy atom. The zero-order valence-corrected chi connectivity index (χ0v) is 15.7. The summed E-state index contributed by atoms with van der Waals surface area (Å²) in [6.45, 7) is 2.48. The van der Waals surface area contributed by atoms with Gasteiger partial charge >= 0.3 is 0 Å². The number of hydrogen-bond acceptors (Lipinski definition) is 5. The molecule has 26 heavy (non-hydrogen) atoms. The highest BCUT2D eigenvalue weighted by molar-refractivity contribution is 9.10. The smallest absolute Gasteiger partial charge is 0.293 e. The van der Waals surface area contributed by atoms with Crippen molar-refractivity contribution in [3.63, 3.8) is 0 Å². The van der Waals surface area contributed by atoms with Crippen molar-refractivity contribution < 1.29 is 0 Å². The third kappa shape index (κ3) is 2.68. The summed E-state index contributed by atoms with van der Waals surface area (Å²) in [4.78, 5) is 17.3. The van der Waals surface area contributed by atoms with Crippen LogP contribution in [0.4, 0.5) is 0 Å². The number of fused-ring (bicyclic) bond motifs is 2. The Kier molecular flexibility index (Phi) is 4.05. The van der Waals surface area contributed by atoms with Crippen LogP contribution in [0.2, 0.25) is 0 Å². The van der Waals surface area contributed by atoms with E-state index in [9.17, 15) is 4.79 Å². The molecule has 3 heterocycles. The molecule has 4 rings (SSSR count). The Labute approximate surface area is 156 Å². The van der Waals surface area contributed by atoms with Gasteiger partial charge in [0.25, 0.3) is 5.56 Å². The van der Waals surface area contributed by atoms with E-state index in [1.165, 1.54) is 4.68 Å². The van der Waals surface area contributed by atoms with Crippen LogP contribution < -0.4 is 5.56 Å². The minimum Gasteiger partial charge on any atom is -0.302 e. The quantitative estimate of drug-likeness (QED) is 0.479. The Morgan fingerprint density at radius 1 is 1.27 bits per heavy atom. The van der Waals surface area contributed by atoms with Gasteiger partial charge in [0.1, 0.15) is 16.6 Å². The van der Waals surface area contributed by atoms with Crippen LogP contribution in [0.15, 0.2) is 33.9 Å². The summed E-state index contributed by atoms with van der Waals surface area (Å²) in [6.07, 6.45) is 1.60. The van der Waals surface area contributed by atoms with E-state index in [4.69, 9.17) is 0 Å². The van der Waals surface area contributed by atoms with Crippen molar-refractivity contribution >= 4 is 38.0 Å². The molecular weight excluding hydrogens is 398 g/mol. The minimum atomic E-state index is -0.210. The monoisotopic (exact) mass is 411 g/mol. The zero-order valence-electron chi connectivity index (χ0n) is 14.1. The maximum absolute atomic E-state index is 12.9. The molecule has 0 spiro atoms. The van der Waals surface area contributed by atoms with Crippen LogP contribution in [0, 0.1) is 11.8 Å². The molecule has 0 saturated carbocycles. The van der Waals surface area contributed by atoms with Crippen molar-refractivity contribution in [1.82, 2.24) is 34.3 Å². The lowest BCUT2D eigenvalue weighted by Gasteiger charge is -2.06. The summed E-state index contributed by atoms with van der Waals surface area (Å²) in [6, 6.07) is 5.79. The largest absolute Gasteiger partial charge is 0.302 e. The molecule has 0 aliphatic carbocycles. The molecule has 0 bridgehead atoms. The topological polar surface area (TPSA) is 83.4 Å². The van der Waals surface area contributed by atoms with Crippen molar-refractivity contribution in [3.05, 3.63) is 45.0 Å². The van der Waals surface area contributed by atoms with Crippen LogP contribution >= 0.6 is 15.9 Å². The summed E-state index contributed by atoms with van der Waals surface area (Å²) in [5.41, 5.74) is 3.45. The first-order valence-electron chi connectivity index (χ1n) is 7.88. The number of hydrogen-bond donors (Lipinski definition) is 0. The van der Waals surface area contributed by atoms with E-state index in [0.717, 1.165) is 16.6 Å². The molecule has 0 radical (unpaired) electrons. The van der Waals surface area contributed by atoms with E-state index >= 15 is 0 Å². The fraction of sp³-hybridized carbons (Fsp3) is 0.235. The lowest BCUT2D eigenvalue weighted by atomic mass is 10.2. The number of halogens is 1. The third-order valence-corrected chi connectivity index (χ3v) is 4.73. The molecule has 1 aromatic carbocycles. The van der Waals surface area contributed by atoms with Crippen LogP contribution in [-0.2, 0) is 20.1 Å². The third-order valence-electron chi connectivity index (χ3n) is 4.13. The van der Waals surface area contributed by atoms with E-state index in [1.807, 2.05) is 25.2 Å². The highest BCUT2D eigenvalue weighted by atomic mass is 79.9. The fourth-order valence-corrected chi connectivity index (χ4v) is 3.32. The number of benzene rings is 1. The molecule has 0 unspecified atom stereocenters. The van der Waals surface area contributed by atoms with Gasteiger partial charge in [0, 0.05) is 7.05 Å². The number of imidazole rings is 1. The normalized spacial score (nSPS) is 11.0. The van der Waals surface area contributed by atoms with Crippen molar-refractivity contribution in [1.29, 1.82) is 0 Å². The summed E-state index contributed by atoms with van der Waals surface area (Å²) in [5, 5.41) is 12.4. The average molecular weight is 412 g/mol. The predicted octanol–water partition coefficient (Wildman–Crippen LogP) is 1.71. The molecule has 0 aliphatic heterocycles. The number of nitrogens with zero attached hydrogens (tertiary/aromatic N) is 7. The predicted molar refractivity (Wildman–Crippen MR) is 101 cm³/mol. The molecule has 3 aromatic heterocycles. The molecule has 4 aromatic rings. The Hall–Kier alpha value is -2.99. The van der Waals surface area contributed by atoms with Crippen molar-refractivity contribution in [2.75, 3.05) is 0 Å². The van der Waals surface area contributed by atoms with Gasteiger partial charge in [-0.15, -0.1) is 11.0 Å². The second-order valence-corrected chi connectivity index (χ2v) is 6.48. The van der Waals surface area contributed by atoms with Gasteiger partial charge in [-0.3, -0.25) is 4.79 Å². The summed E-state index contributed by atoms with van der Waals surface area (Å²) >= 11 is 3.39. The first-order chi connectivity index (χ1) is 12.6. The van der Waals surface area contributed by atoms with Gasteiger partial charge < -0.3 is 4.57 Å². The zero-order chi connectivity index (χ0) is 18.3. The molecule has 9 heteroatoms. The van der Waals surface area contributed by atoms with E-state index in [0.29, 0.717) is 28.9 Å². The number of aryl methyl sites for hydroxylation is 1. The Bertz CT molecular complexity index is 1260. The van der Waals surface area contributed by atoms with Gasteiger partial charge in [-0.1, -0.05) is 17.2 Å². The summed E-state index contributed by atoms with van der Waals surface area (Å²) in [7, 11) is 1.84. The van der Waals surface area contributed by atoms with Crippen LogP contribution in [0.25, 0.3) is 22.1 Å². The first kappa shape index (κ1) is 16.5. The fourth-order valence-electron chi connectivity index (χ4n) is 2.83. The van der Waals surface area contributed by atoms with Crippen molar-refractivity contribution in [2.24, 2.45) is 7.05 Å². The number of rotatable bonds is 3. The second kappa shape index (κ2) is 6.38. The molecular formula is C17H14BrN7O. The van der Waals surface area contributed by atoms with Crippen LogP contribution in [0.1, 0.15) is 12.5 Å². The Morgan fingerprint density at radius 3 is 2.92 bits per heavy atom. The van der Waals surface area contributed by atoms with Gasteiger partial charge in [-0.25, -0.2) is 14.3 Å². The summed E-state index contributed by atoms with van der Waals surface area (Å²) in [5.74, 6) is 5.79. The van der Waals surface area contributed by atoms with E-state index in [1.54, 1.807) is 22.4 Å². The molecule has 0 N–H and O–H groups in total. The van der Waals surface area contributed by atoms with Gasteiger partial charge in [-0.2, -0.15) is 5.10 Å². The SMILES string of the molecule is CC#CCn1c(Br)nc2cnn(Cc3ccc4c(c3)nnn4C)c(=O)c21. The molecule has 0 atom stereocenters. The van der Waals surface area contributed by atoms with Gasteiger partial charge in [-0.05, 0) is 40.5 Å². The van der Waals surface area contributed by atoms with Crippen molar-refractivity contribution in [2.45, 2.75) is 20.0 Å². The van der Waals surface area contributed by atoms with Gasteiger partial charge in [0.15, 0.2) is 4.73 Å². The summed E-state index contributed by atoms with van der Waals surface area (Å²) < 4.78 is 5.44. The highest BCUT2D eigenvalue weighted by Crippen LogP contribution is 2.17. The van der Waals surface area contributed by atoms with E-state index in [2.05, 4.69) is 48.2 Å². The Balaban J connectivity index is 1.79. The second-order valence-electron chi connectivity index (χ2n) is 5.77. The van der Waals surface area contributed by atoms with Crippen LogP contribution in [0.5, 0.6) is 0 Å². The lowest BCUT2D eigenvalue weighted by molar-refractivity contribution is 0.642. The van der Waals surface area contributed by atoms with E-state index < -0.39 is 0 Å². The maximum atomic E-state index is 12.9. The molecule has 0 saturated heterocycles. The lowest BCUT2D eigenvalue weighted by Crippen LogP contribution is -2.25. The molecule has 0 aliphatic rings. The first-order valence-corrected chi connectivity index (χ1v) is 8.67. The maximum Gasteiger partial charge on any atom is 0.293 e. The minimum absolute atomic E-state index is 0.210. The van der Waals surface area contributed by atoms with Crippen LogP contribution in [-0.4, -0.2) is 34.3 Å². The highest BCUT2D eigenvalue weighted by Gasteiger charge is 2.14. The molecule has 130 valence electrons. The number of aromatic nitrogens is 7.